The quantitative estimate of drug-likeness (QED) is 0.483. The zero-order valence-corrected chi connectivity index (χ0v) is 17.1. The molecule has 3 nitrogen and oxygen atoms in total. The van der Waals surface area contributed by atoms with Gasteiger partial charge in [-0.05, 0) is 43.6 Å². The van der Waals surface area contributed by atoms with Crippen LogP contribution in [0, 0.1) is 0 Å². The summed E-state index contributed by atoms with van der Waals surface area (Å²) in [5.74, 6) is 0. The summed E-state index contributed by atoms with van der Waals surface area (Å²) < 4.78 is 0. The van der Waals surface area contributed by atoms with Gasteiger partial charge < -0.3 is 10.0 Å². The summed E-state index contributed by atoms with van der Waals surface area (Å²) in [4.78, 5) is 7.25. The standard InChI is InChI=1S/C25H32N2O/c1-3-5-16-27(17-6-4-2)19-25(28)22-18-24(20-12-8-7-9-13-20)26-23-15-11-10-14-21(22)23/h7-15,18,25,28H,3-6,16-17,19H2,1-2H3. The number of unbranched alkanes of at least 4 members (excludes halogenated alkanes) is 2. The van der Waals surface area contributed by atoms with Crippen molar-refractivity contribution in [3.05, 3.63) is 66.2 Å². The smallest absolute Gasteiger partial charge is 0.0924 e. The van der Waals surface area contributed by atoms with E-state index < -0.39 is 6.10 Å². The van der Waals surface area contributed by atoms with Gasteiger partial charge in [-0.15, -0.1) is 0 Å². The van der Waals surface area contributed by atoms with E-state index in [-0.39, 0.29) is 0 Å². The number of pyridine rings is 1. The summed E-state index contributed by atoms with van der Waals surface area (Å²) in [6.07, 6.45) is 4.17. The summed E-state index contributed by atoms with van der Waals surface area (Å²) in [5.41, 5.74) is 3.91. The first-order chi connectivity index (χ1) is 13.7. The number of nitrogens with zero attached hydrogens (tertiary/aromatic N) is 2. The molecule has 28 heavy (non-hydrogen) atoms. The van der Waals surface area contributed by atoms with Crippen molar-refractivity contribution < 1.29 is 5.11 Å². The van der Waals surface area contributed by atoms with Crippen molar-refractivity contribution in [2.75, 3.05) is 19.6 Å². The molecule has 0 saturated carbocycles. The van der Waals surface area contributed by atoms with Gasteiger partial charge in [0.1, 0.15) is 0 Å². The molecule has 0 amide bonds. The van der Waals surface area contributed by atoms with Crippen molar-refractivity contribution in [3.8, 4) is 11.3 Å². The van der Waals surface area contributed by atoms with Gasteiger partial charge >= 0.3 is 0 Å². The Bertz CT molecular complexity index is 855. The SMILES string of the molecule is CCCCN(CCCC)CC(O)c1cc(-c2ccccc2)nc2ccccc12. The predicted octanol–water partition coefficient (Wildman–Crippen LogP) is 5.84. The average Bonchev–Trinajstić information content (AvgIpc) is 2.75. The monoisotopic (exact) mass is 376 g/mol. The van der Waals surface area contributed by atoms with Crippen LogP contribution in [-0.4, -0.2) is 34.6 Å². The maximum Gasteiger partial charge on any atom is 0.0924 e. The lowest BCUT2D eigenvalue weighted by molar-refractivity contribution is 0.112. The highest BCUT2D eigenvalue weighted by Crippen LogP contribution is 2.29. The van der Waals surface area contributed by atoms with Gasteiger partial charge in [-0.25, -0.2) is 4.98 Å². The molecule has 148 valence electrons. The second kappa shape index (κ2) is 10.4. The minimum Gasteiger partial charge on any atom is -0.387 e. The number of para-hydroxylation sites is 1. The van der Waals surface area contributed by atoms with Crippen LogP contribution < -0.4 is 0 Å². The van der Waals surface area contributed by atoms with E-state index in [0.717, 1.165) is 40.8 Å². The number of aliphatic hydroxyl groups is 1. The molecule has 0 bridgehead atoms. The number of fused-ring (bicyclic) bond motifs is 1. The molecule has 1 N–H and O–H groups in total. The Morgan fingerprint density at radius 3 is 2.21 bits per heavy atom. The first-order valence-electron chi connectivity index (χ1n) is 10.6. The number of benzene rings is 2. The fourth-order valence-electron chi connectivity index (χ4n) is 3.64. The molecule has 0 saturated heterocycles. The van der Waals surface area contributed by atoms with Gasteiger partial charge in [0.15, 0.2) is 0 Å². The molecule has 0 aliphatic rings. The molecule has 2 aromatic carbocycles. The van der Waals surface area contributed by atoms with Crippen LogP contribution in [0.25, 0.3) is 22.2 Å². The van der Waals surface area contributed by atoms with Gasteiger partial charge in [-0.3, -0.25) is 0 Å². The Hall–Kier alpha value is -2.23. The van der Waals surface area contributed by atoms with Crippen LogP contribution in [0.5, 0.6) is 0 Å². The van der Waals surface area contributed by atoms with Crippen LogP contribution in [0.15, 0.2) is 60.7 Å². The van der Waals surface area contributed by atoms with Gasteiger partial charge in [0, 0.05) is 17.5 Å². The normalized spacial score (nSPS) is 12.6. The lowest BCUT2D eigenvalue weighted by Crippen LogP contribution is -2.31. The number of hydrogen-bond acceptors (Lipinski definition) is 3. The van der Waals surface area contributed by atoms with E-state index in [2.05, 4.69) is 43.0 Å². The minimum atomic E-state index is -0.524. The van der Waals surface area contributed by atoms with E-state index >= 15 is 0 Å². The fraction of sp³-hybridized carbons (Fsp3) is 0.400. The number of rotatable bonds is 10. The average molecular weight is 377 g/mol. The molecule has 0 aliphatic carbocycles. The van der Waals surface area contributed by atoms with Crippen molar-refractivity contribution >= 4 is 10.9 Å². The molecule has 0 aliphatic heterocycles. The largest absolute Gasteiger partial charge is 0.387 e. The third-order valence-electron chi connectivity index (χ3n) is 5.26. The number of hydrogen-bond donors (Lipinski definition) is 1. The molecule has 0 radical (unpaired) electrons. The predicted molar refractivity (Wildman–Crippen MR) is 118 cm³/mol. The summed E-state index contributed by atoms with van der Waals surface area (Å²) >= 11 is 0. The molecule has 1 unspecified atom stereocenters. The highest BCUT2D eigenvalue weighted by molar-refractivity contribution is 5.85. The Morgan fingerprint density at radius 2 is 1.54 bits per heavy atom. The van der Waals surface area contributed by atoms with E-state index in [4.69, 9.17) is 4.98 Å². The number of aromatic nitrogens is 1. The van der Waals surface area contributed by atoms with Crippen molar-refractivity contribution in [2.45, 2.75) is 45.6 Å². The summed E-state index contributed by atoms with van der Waals surface area (Å²) in [6, 6.07) is 20.4. The second-order valence-corrected chi connectivity index (χ2v) is 7.50. The molecule has 0 fully saturated rings. The van der Waals surface area contributed by atoms with Crippen LogP contribution in [-0.2, 0) is 0 Å². The first-order valence-corrected chi connectivity index (χ1v) is 10.6. The molecule has 3 heteroatoms. The lowest BCUT2D eigenvalue weighted by Gasteiger charge is -2.26. The van der Waals surface area contributed by atoms with Crippen molar-refractivity contribution in [3.63, 3.8) is 0 Å². The maximum atomic E-state index is 11.2. The number of aliphatic hydroxyl groups excluding tert-OH is 1. The van der Waals surface area contributed by atoms with Crippen LogP contribution >= 0.6 is 0 Å². The van der Waals surface area contributed by atoms with Crippen molar-refractivity contribution in [1.82, 2.24) is 9.88 Å². The lowest BCUT2D eigenvalue weighted by atomic mass is 9.99. The topological polar surface area (TPSA) is 36.4 Å². The Kier molecular flexibility index (Phi) is 7.58. The van der Waals surface area contributed by atoms with Gasteiger partial charge in [-0.1, -0.05) is 75.2 Å². The Balaban J connectivity index is 1.93. The fourth-order valence-corrected chi connectivity index (χ4v) is 3.64. The van der Waals surface area contributed by atoms with E-state index in [9.17, 15) is 5.11 Å². The zero-order chi connectivity index (χ0) is 19.8. The first kappa shape index (κ1) is 20.5. The van der Waals surface area contributed by atoms with E-state index in [1.54, 1.807) is 0 Å². The molecule has 3 rings (SSSR count). The molecule has 1 atom stereocenters. The van der Waals surface area contributed by atoms with Crippen molar-refractivity contribution in [1.29, 1.82) is 0 Å². The molecular weight excluding hydrogens is 344 g/mol. The third-order valence-corrected chi connectivity index (χ3v) is 5.26. The van der Waals surface area contributed by atoms with Gasteiger partial charge in [0.05, 0.1) is 17.3 Å². The summed E-state index contributed by atoms with van der Waals surface area (Å²) in [5, 5.41) is 12.2. The Morgan fingerprint density at radius 1 is 0.893 bits per heavy atom. The molecule has 1 aromatic heterocycles. The highest BCUT2D eigenvalue weighted by Gasteiger charge is 2.17. The van der Waals surface area contributed by atoms with E-state index in [1.165, 1.54) is 25.7 Å². The third kappa shape index (κ3) is 5.18. The summed E-state index contributed by atoms with van der Waals surface area (Å²) in [6.45, 7) is 7.19. The van der Waals surface area contributed by atoms with Crippen LogP contribution in [0.2, 0.25) is 0 Å². The molecule has 3 aromatic rings. The van der Waals surface area contributed by atoms with E-state index in [1.807, 2.05) is 36.4 Å². The maximum absolute atomic E-state index is 11.2. The highest BCUT2D eigenvalue weighted by atomic mass is 16.3. The van der Waals surface area contributed by atoms with Gasteiger partial charge in [0.25, 0.3) is 0 Å². The molecule has 0 spiro atoms. The van der Waals surface area contributed by atoms with Crippen LogP contribution in [0.4, 0.5) is 0 Å². The summed E-state index contributed by atoms with van der Waals surface area (Å²) in [7, 11) is 0. The minimum absolute atomic E-state index is 0.524. The van der Waals surface area contributed by atoms with Gasteiger partial charge in [0.2, 0.25) is 0 Å². The molecular formula is C25H32N2O. The van der Waals surface area contributed by atoms with Crippen LogP contribution in [0.3, 0.4) is 0 Å². The molecule has 1 heterocycles. The van der Waals surface area contributed by atoms with Crippen molar-refractivity contribution in [2.24, 2.45) is 0 Å². The second-order valence-electron chi connectivity index (χ2n) is 7.50. The van der Waals surface area contributed by atoms with Crippen LogP contribution in [0.1, 0.15) is 51.2 Å². The Labute approximate surface area is 169 Å². The van der Waals surface area contributed by atoms with Gasteiger partial charge in [-0.2, -0.15) is 0 Å². The van der Waals surface area contributed by atoms with E-state index in [0.29, 0.717) is 6.54 Å². The zero-order valence-electron chi connectivity index (χ0n) is 17.1.